The maximum atomic E-state index is 15.2. The molecule has 0 bridgehead atoms. The van der Waals surface area contributed by atoms with Crippen molar-refractivity contribution in [2.45, 2.75) is 172 Å². The molecule has 6 heterocycles. The molecule has 6 aliphatic heterocycles. The highest BCUT2D eigenvalue weighted by atomic mass is 16.7. The molecule has 0 aliphatic carbocycles. The van der Waals surface area contributed by atoms with E-state index < -0.39 is 240 Å². The summed E-state index contributed by atoms with van der Waals surface area (Å²) in [5.74, 6) is -8.66. The number of ether oxygens (including phenoxy) is 7. The molecular formula is C66H88N12O26. The average Bonchev–Trinajstić information content (AvgIpc) is 1.50. The predicted octanol–water partition coefficient (Wildman–Crippen LogP) is -9.81. The fourth-order valence-electron chi connectivity index (χ4n) is 13.1. The van der Waals surface area contributed by atoms with Gasteiger partial charge in [-0.3, -0.25) is 39.6 Å². The van der Waals surface area contributed by atoms with Crippen LogP contribution in [0.1, 0.15) is 29.5 Å². The van der Waals surface area contributed by atoms with Crippen LogP contribution in [0, 0.1) is 10.8 Å². The van der Waals surface area contributed by atoms with Gasteiger partial charge in [0.05, 0.1) is 58.8 Å². The van der Waals surface area contributed by atoms with Gasteiger partial charge < -0.3 is 152 Å². The number of aliphatic hydroxyl groups is 13. The molecule has 0 saturated carbocycles. The second-order valence-electron chi connectivity index (χ2n) is 26.0. The molecule has 4 aromatic rings. The zero-order chi connectivity index (χ0) is 75.0. The third kappa shape index (κ3) is 17.5. The summed E-state index contributed by atoms with van der Waals surface area (Å²) in [6.45, 7) is -3.98. The number of guanidine groups is 2. The SMILES string of the molecule is COc1ccc2cc(COC3C(O)C(CO)OC(OC4C(CO)OC(Oc5ccc(CC6NC(=O)C(C(C)c7ccccc7)NC(=O)CNC(=O)C(CO)NC(=O)C(C(O)C7CNC(=N)N7C7OC(CO)C(O)C(O)C7O)NC(=O)C(C(O)C7CNC(=N)N7)NC6=O)cc5)C(O)C4O)C3O)ccc2c1. The van der Waals surface area contributed by atoms with Gasteiger partial charge in [-0.2, -0.15) is 0 Å². The molecule has 104 heavy (non-hydrogen) atoms. The summed E-state index contributed by atoms with van der Waals surface area (Å²) in [6, 6.07) is 11.7. The summed E-state index contributed by atoms with van der Waals surface area (Å²) in [5.41, 5.74) is 1.35. The summed E-state index contributed by atoms with van der Waals surface area (Å²) in [4.78, 5) is 88.5. The van der Waals surface area contributed by atoms with Crippen molar-refractivity contribution in [1.29, 1.82) is 10.8 Å². The Morgan fingerprint density at radius 1 is 0.538 bits per heavy atom. The molecule has 38 heteroatoms. The van der Waals surface area contributed by atoms with Crippen molar-refractivity contribution in [3.05, 3.63) is 108 Å². The van der Waals surface area contributed by atoms with E-state index in [9.17, 15) is 85.6 Å². The third-order valence-corrected chi connectivity index (χ3v) is 19.1. The first-order valence-electron chi connectivity index (χ1n) is 33.4. The van der Waals surface area contributed by atoms with Crippen LogP contribution in [-0.4, -0.2) is 318 Å². The van der Waals surface area contributed by atoms with Crippen molar-refractivity contribution in [2.24, 2.45) is 0 Å². The first-order chi connectivity index (χ1) is 49.7. The summed E-state index contributed by atoms with van der Waals surface area (Å²) in [6.07, 6.45) is -31.1. The van der Waals surface area contributed by atoms with Crippen LogP contribution in [0.2, 0.25) is 0 Å². The first-order valence-corrected chi connectivity index (χ1v) is 33.4. The van der Waals surface area contributed by atoms with Crippen LogP contribution in [0.5, 0.6) is 11.5 Å². The van der Waals surface area contributed by atoms with Crippen molar-refractivity contribution in [2.75, 3.05) is 53.2 Å². The fraction of sp³-hybridized carbons (Fsp3) is 0.545. The van der Waals surface area contributed by atoms with E-state index in [1.807, 2.05) is 24.3 Å². The number of benzene rings is 4. The van der Waals surface area contributed by atoms with Crippen LogP contribution in [0.3, 0.4) is 0 Å². The molecule has 0 aromatic heterocycles. The van der Waals surface area contributed by atoms with E-state index in [4.69, 9.17) is 44.0 Å². The number of nitrogens with one attached hydrogen (secondary N) is 11. The lowest BCUT2D eigenvalue weighted by molar-refractivity contribution is -0.355. The Balaban J connectivity index is 0.903. The Morgan fingerprint density at radius 2 is 1.15 bits per heavy atom. The van der Waals surface area contributed by atoms with Gasteiger partial charge in [0.2, 0.25) is 41.7 Å². The van der Waals surface area contributed by atoms with Gasteiger partial charge in [-0.05, 0) is 57.8 Å². The van der Waals surface area contributed by atoms with Crippen molar-refractivity contribution >= 4 is 58.1 Å². The highest BCUT2D eigenvalue weighted by Crippen LogP contribution is 2.34. The highest BCUT2D eigenvalue weighted by molar-refractivity contribution is 5.98. The highest BCUT2D eigenvalue weighted by Gasteiger charge is 2.55. The number of fused-ring (bicyclic) bond motifs is 1. The lowest BCUT2D eigenvalue weighted by Crippen LogP contribution is -2.69. The van der Waals surface area contributed by atoms with E-state index in [2.05, 4.69) is 47.9 Å². The van der Waals surface area contributed by atoms with E-state index in [0.717, 1.165) is 15.7 Å². The molecule has 4 aromatic carbocycles. The summed E-state index contributed by atoms with van der Waals surface area (Å²) < 4.78 is 40.6. The van der Waals surface area contributed by atoms with Gasteiger partial charge in [-0.1, -0.05) is 67.6 Å². The maximum Gasteiger partial charge on any atom is 0.246 e. The number of hydrogen-bond acceptors (Lipinski definition) is 28. The van der Waals surface area contributed by atoms with Crippen molar-refractivity contribution in [1.82, 2.24) is 52.8 Å². The number of carbonyl (C=O) groups is 6. The molecular weight excluding hydrogens is 1380 g/mol. The lowest BCUT2D eigenvalue weighted by atomic mass is 9.92. The fourth-order valence-corrected chi connectivity index (χ4v) is 13.1. The Hall–Kier alpha value is -8.62. The molecule has 25 atom stereocenters. The monoisotopic (exact) mass is 1460 g/mol. The van der Waals surface area contributed by atoms with Gasteiger partial charge in [0, 0.05) is 25.4 Å². The Kier molecular flexibility index (Phi) is 25.9. The average molecular weight is 1470 g/mol. The quantitative estimate of drug-likeness (QED) is 0.0368. The molecule has 0 spiro atoms. The minimum absolute atomic E-state index is 0.0709. The molecule has 6 saturated heterocycles. The largest absolute Gasteiger partial charge is 0.497 e. The van der Waals surface area contributed by atoms with Gasteiger partial charge in [0.15, 0.2) is 24.4 Å². The number of hydrogen-bond donors (Lipinski definition) is 24. The van der Waals surface area contributed by atoms with Crippen LogP contribution in [0.25, 0.3) is 10.8 Å². The van der Waals surface area contributed by atoms with Crippen LogP contribution in [0.4, 0.5) is 0 Å². The second-order valence-corrected chi connectivity index (χ2v) is 26.0. The van der Waals surface area contributed by atoms with Gasteiger partial charge >= 0.3 is 0 Å². The van der Waals surface area contributed by atoms with E-state index >= 15 is 9.59 Å². The number of nitrogens with zero attached hydrogens (tertiary/aromatic N) is 1. The second kappa shape index (κ2) is 34.5. The van der Waals surface area contributed by atoms with Crippen LogP contribution < -0.4 is 57.3 Å². The zero-order valence-electron chi connectivity index (χ0n) is 56.0. The minimum Gasteiger partial charge on any atom is -0.497 e. The first kappa shape index (κ1) is 78.0. The topological polar surface area (TPSA) is 589 Å². The predicted molar refractivity (Wildman–Crippen MR) is 355 cm³/mol. The standard InChI is InChI=1S/C66H88N12O26/c1-27(30-6-4-3-5-7-30)43-59(95)72-35(17-28-9-13-33(14-10-28)100-63-53(91)51(89)55(41(25-82)103-63)104-64-54(92)56(49(87)40(24-81)102-64)99-26-29-8-11-32-18-34(98-2)15-12-31(32)16-29)58(94)76-44(46(84)36-19-70-65(67)74-36)61(97)77-45(60(96)73-37(22-79)57(93)69-21-42(83)75-43)47(85)38-20-71-66(68)78(38)62-52(90)50(88)48(86)39(23-80)101-62/h3-16,18,27,35-41,43-56,62-64,79-82,84-92H,17,19-26H2,1-2H3,(H2,68,71)(H,69,93)(H,72,95)(H,73,96)(H,75,83)(H,76,94)(H,77,97)(H3,67,70,74). The van der Waals surface area contributed by atoms with Gasteiger partial charge in [-0.25, -0.2) is 0 Å². The Labute approximate surface area is 592 Å². The van der Waals surface area contributed by atoms with Crippen LogP contribution >= 0.6 is 0 Å². The molecule has 25 unspecified atom stereocenters. The summed E-state index contributed by atoms with van der Waals surface area (Å²) >= 11 is 0. The smallest absolute Gasteiger partial charge is 0.246 e. The molecule has 38 nitrogen and oxygen atoms in total. The molecule has 10 rings (SSSR count). The van der Waals surface area contributed by atoms with Crippen molar-refractivity contribution in [3.8, 4) is 11.5 Å². The van der Waals surface area contributed by atoms with Crippen LogP contribution in [-0.2, 0) is 65.5 Å². The maximum absolute atomic E-state index is 15.2. The molecule has 6 fully saturated rings. The minimum atomic E-state index is -2.37. The number of aliphatic hydroxyl groups excluding tert-OH is 13. The van der Waals surface area contributed by atoms with Crippen molar-refractivity contribution < 1.29 is 128 Å². The molecule has 6 aliphatic rings. The number of methoxy groups -OCH3 is 1. The molecule has 6 amide bonds. The van der Waals surface area contributed by atoms with Crippen LogP contribution in [0.15, 0.2) is 91.0 Å². The summed E-state index contributed by atoms with van der Waals surface area (Å²) in [7, 11) is 1.54. The number of rotatable bonds is 21. The third-order valence-electron chi connectivity index (χ3n) is 19.1. The number of carbonyl (C=O) groups excluding carboxylic acids is 6. The van der Waals surface area contributed by atoms with E-state index in [1.54, 1.807) is 56.5 Å². The lowest BCUT2D eigenvalue weighted by Gasteiger charge is -2.46. The molecule has 568 valence electrons. The van der Waals surface area contributed by atoms with Gasteiger partial charge in [0.25, 0.3) is 0 Å². The van der Waals surface area contributed by atoms with Crippen molar-refractivity contribution in [3.63, 3.8) is 0 Å². The molecule has 24 N–H and O–H groups in total. The molecule has 0 radical (unpaired) electrons. The zero-order valence-corrected chi connectivity index (χ0v) is 56.0. The van der Waals surface area contributed by atoms with Gasteiger partial charge in [-0.15, -0.1) is 0 Å². The Morgan fingerprint density at radius 3 is 1.83 bits per heavy atom. The summed E-state index contributed by atoms with van der Waals surface area (Å²) in [5, 5.41) is 185. The Bertz CT molecular complexity index is 3670. The van der Waals surface area contributed by atoms with E-state index in [-0.39, 0.29) is 30.4 Å². The normalized spacial score (nSPS) is 34.3. The number of amides is 6. The van der Waals surface area contributed by atoms with E-state index in [0.29, 0.717) is 16.9 Å². The van der Waals surface area contributed by atoms with Gasteiger partial charge in [0.1, 0.15) is 127 Å². The van der Waals surface area contributed by atoms with E-state index in [1.165, 1.54) is 24.3 Å².